The van der Waals surface area contributed by atoms with Crippen molar-refractivity contribution >= 4 is 17.1 Å². The summed E-state index contributed by atoms with van der Waals surface area (Å²) in [5.41, 5.74) is 11.0. The molecule has 0 saturated carbocycles. The Labute approximate surface area is 238 Å². The lowest BCUT2D eigenvalue weighted by atomic mass is 9.92. The molecule has 5 aromatic rings. The van der Waals surface area contributed by atoms with Crippen LogP contribution < -0.4 is 9.64 Å². The first-order valence-corrected chi connectivity index (χ1v) is 14.7. The van der Waals surface area contributed by atoms with Gasteiger partial charge in [0.05, 0.1) is 11.4 Å². The minimum Gasteiger partial charge on any atom is -0.453 e. The zero-order valence-corrected chi connectivity index (χ0v) is 23.6. The molecule has 2 heteroatoms. The average Bonchev–Trinajstić information content (AvgIpc) is 3.02. The van der Waals surface area contributed by atoms with Crippen LogP contribution in [0.1, 0.15) is 50.7 Å². The number of nitrogens with zero attached hydrogens (tertiary/aromatic N) is 1. The van der Waals surface area contributed by atoms with Gasteiger partial charge in [-0.3, -0.25) is 0 Å². The van der Waals surface area contributed by atoms with Crippen molar-refractivity contribution in [3.63, 3.8) is 0 Å². The summed E-state index contributed by atoms with van der Waals surface area (Å²) < 4.78 is 6.28. The van der Waals surface area contributed by atoms with E-state index in [-0.39, 0.29) is 0 Å². The molecule has 0 N–H and O–H groups in total. The molecule has 2 nitrogen and oxygen atoms in total. The van der Waals surface area contributed by atoms with Crippen molar-refractivity contribution < 1.29 is 4.74 Å². The van der Waals surface area contributed by atoms with Gasteiger partial charge in [0.1, 0.15) is 0 Å². The molecule has 0 radical (unpaired) electrons. The first kappa shape index (κ1) is 26.0. The molecule has 0 atom stereocenters. The third-order valence-corrected chi connectivity index (χ3v) is 7.86. The molecule has 5 aromatic carbocycles. The van der Waals surface area contributed by atoms with Gasteiger partial charge >= 0.3 is 0 Å². The molecule has 0 spiro atoms. The molecule has 40 heavy (non-hydrogen) atoms. The summed E-state index contributed by atoms with van der Waals surface area (Å²) in [6.45, 7) is 4.50. The first-order chi connectivity index (χ1) is 19.7. The van der Waals surface area contributed by atoms with E-state index in [9.17, 15) is 0 Å². The molecular formula is C38H37NO. The van der Waals surface area contributed by atoms with Crippen molar-refractivity contribution in [2.75, 3.05) is 4.90 Å². The fourth-order valence-corrected chi connectivity index (χ4v) is 5.61. The minimum absolute atomic E-state index is 0.870. The number of hydrogen-bond donors (Lipinski definition) is 0. The van der Waals surface area contributed by atoms with Gasteiger partial charge in [-0.05, 0) is 95.5 Å². The maximum atomic E-state index is 6.28. The van der Waals surface area contributed by atoms with Gasteiger partial charge in [0.2, 0.25) is 0 Å². The van der Waals surface area contributed by atoms with Gasteiger partial charge < -0.3 is 9.64 Å². The monoisotopic (exact) mass is 523 g/mol. The van der Waals surface area contributed by atoms with Gasteiger partial charge in [-0.15, -0.1) is 0 Å². The lowest BCUT2D eigenvalue weighted by Gasteiger charge is -2.33. The molecule has 0 aliphatic carbocycles. The quantitative estimate of drug-likeness (QED) is 0.187. The molecule has 6 rings (SSSR count). The van der Waals surface area contributed by atoms with Crippen LogP contribution >= 0.6 is 0 Å². The highest BCUT2D eigenvalue weighted by Crippen LogP contribution is 2.51. The van der Waals surface area contributed by atoms with Crippen LogP contribution in [-0.4, -0.2) is 0 Å². The number of ether oxygens (including phenoxy) is 1. The Kier molecular flexibility index (Phi) is 7.68. The topological polar surface area (TPSA) is 12.5 Å². The molecule has 1 aliphatic rings. The minimum atomic E-state index is 0.870. The van der Waals surface area contributed by atoms with Crippen molar-refractivity contribution in [3.05, 3.63) is 126 Å². The SMILES string of the molecule is CCCCc1ccc(-c2ccc(N3c4ccccc4Oc4ccccc43)cc2-c2ccc(CCCC)cc2)cc1. The number of benzene rings is 5. The van der Waals surface area contributed by atoms with Crippen molar-refractivity contribution in [1.29, 1.82) is 0 Å². The van der Waals surface area contributed by atoms with E-state index in [1.165, 1.54) is 59.1 Å². The molecule has 1 heterocycles. The molecule has 0 aromatic heterocycles. The summed E-state index contributed by atoms with van der Waals surface area (Å²) >= 11 is 0. The molecule has 0 bridgehead atoms. The number of hydrogen-bond acceptors (Lipinski definition) is 2. The number of unbranched alkanes of at least 4 members (excludes halogenated alkanes) is 2. The first-order valence-electron chi connectivity index (χ1n) is 14.7. The van der Waals surface area contributed by atoms with Crippen molar-refractivity contribution in [1.82, 2.24) is 0 Å². The van der Waals surface area contributed by atoms with Crippen LogP contribution in [0.5, 0.6) is 11.5 Å². The summed E-state index contributed by atoms with van der Waals surface area (Å²) in [5, 5.41) is 0. The molecule has 0 saturated heterocycles. The van der Waals surface area contributed by atoms with E-state index in [1.54, 1.807) is 0 Å². The van der Waals surface area contributed by atoms with E-state index < -0.39 is 0 Å². The predicted octanol–water partition coefficient (Wildman–Crippen LogP) is 11.3. The Morgan fingerprint density at radius 3 is 1.55 bits per heavy atom. The van der Waals surface area contributed by atoms with Gasteiger partial charge in [-0.1, -0.05) is 106 Å². The van der Waals surface area contributed by atoms with E-state index in [1.807, 2.05) is 24.3 Å². The smallest absolute Gasteiger partial charge is 0.151 e. The maximum absolute atomic E-state index is 6.28. The number of rotatable bonds is 9. The predicted molar refractivity (Wildman–Crippen MR) is 169 cm³/mol. The largest absolute Gasteiger partial charge is 0.453 e. The van der Waals surface area contributed by atoms with Crippen molar-refractivity contribution in [3.8, 4) is 33.8 Å². The molecule has 0 fully saturated rings. The summed E-state index contributed by atoms with van der Waals surface area (Å²) in [7, 11) is 0. The summed E-state index contributed by atoms with van der Waals surface area (Å²) in [5.74, 6) is 1.74. The third-order valence-electron chi connectivity index (χ3n) is 7.86. The Morgan fingerprint density at radius 1 is 0.525 bits per heavy atom. The van der Waals surface area contributed by atoms with Crippen LogP contribution in [0.4, 0.5) is 17.1 Å². The standard InChI is InChI=1S/C38H37NO/c1-3-5-11-28-17-21-30(22-18-28)33-26-25-32(27-34(33)31-23-19-29(20-24-31)12-6-4-2)39-35-13-7-9-15-37(35)40-38-16-10-8-14-36(38)39/h7-10,13-27H,3-6,11-12H2,1-2H3. The van der Waals surface area contributed by atoms with Crippen LogP contribution in [0.2, 0.25) is 0 Å². The van der Waals surface area contributed by atoms with Crippen LogP contribution in [0.15, 0.2) is 115 Å². The van der Waals surface area contributed by atoms with Crippen LogP contribution in [0, 0.1) is 0 Å². The van der Waals surface area contributed by atoms with E-state index in [2.05, 4.69) is 110 Å². The number of aryl methyl sites for hydroxylation is 2. The number of fused-ring (bicyclic) bond motifs is 2. The summed E-state index contributed by atoms with van der Waals surface area (Å²) in [6.07, 6.45) is 7.15. The van der Waals surface area contributed by atoms with E-state index >= 15 is 0 Å². The van der Waals surface area contributed by atoms with Gasteiger partial charge in [0.15, 0.2) is 11.5 Å². The van der Waals surface area contributed by atoms with Crippen LogP contribution in [0.3, 0.4) is 0 Å². The zero-order chi connectivity index (χ0) is 27.3. The van der Waals surface area contributed by atoms with E-state index in [0.717, 1.165) is 41.4 Å². The Morgan fingerprint density at radius 2 is 1.02 bits per heavy atom. The van der Waals surface area contributed by atoms with Gasteiger partial charge in [-0.2, -0.15) is 0 Å². The third kappa shape index (κ3) is 5.27. The Bertz CT molecular complexity index is 1540. The van der Waals surface area contributed by atoms with E-state index in [0.29, 0.717) is 0 Å². The number of anilines is 3. The van der Waals surface area contributed by atoms with Gasteiger partial charge in [0.25, 0.3) is 0 Å². The zero-order valence-electron chi connectivity index (χ0n) is 23.6. The maximum Gasteiger partial charge on any atom is 0.151 e. The lowest BCUT2D eigenvalue weighted by molar-refractivity contribution is 0.477. The number of para-hydroxylation sites is 4. The Hall–Kier alpha value is -4.30. The molecule has 200 valence electrons. The second-order valence-electron chi connectivity index (χ2n) is 10.7. The Balaban J connectivity index is 1.47. The highest BCUT2D eigenvalue weighted by Gasteiger charge is 2.26. The lowest BCUT2D eigenvalue weighted by Crippen LogP contribution is -2.15. The highest BCUT2D eigenvalue weighted by molar-refractivity contribution is 5.91. The molecule has 0 unspecified atom stereocenters. The second-order valence-corrected chi connectivity index (χ2v) is 10.7. The highest BCUT2D eigenvalue weighted by atomic mass is 16.5. The average molecular weight is 524 g/mol. The van der Waals surface area contributed by atoms with Gasteiger partial charge in [0, 0.05) is 5.69 Å². The van der Waals surface area contributed by atoms with Gasteiger partial charge in [-0.25, -0.2) is 0 Å². The normalized spacial score (nSPS) is 12.0. The van der Waals surface area contributed by atoms with E-state index in [4.69, 9.17) is 4.74 Å². The molecule has 1 aliphatic heterocycles. The van der Waals surface area contributed by atoms with Crippen molar-refractivity contribution in [2.24, 2.45) is 0 Å². The van der Waals surface area contributed by atoms with Crippen LogP contribution in [0.25, 0.3) is 22.3 Å². The molecular weight excluding hydrogens is 486 g/mol. The van der Waals surface area contributed by atoms with Crippen LogP contribution in [-0.2, 0) is 12.8 Å². The fraction of sp³-hybridized carbons (Fsp3) is 0.211. The summed E-state index contributed by atoms with van der Waals surface area (Å²) in [4.78, 5) is 2.32. The summed E-state index contributed by atoms with van der Waals surface area (Å²) in [6, 6.07) is 41.8. The fourth-order valence-electron chi connectivity index (χ4n) is 5.61. The second kappa shape index (κ2) is 11.8. The molecule has 0 amide bonds. The van der Waals surface area contributed by atoms with Crippen molar-refractivity contribution in [2.45, 2.75) is 52.4 Å².